The first-order valence-electron chi connectivity index (χ1n) is 6.24. The molecule has 0 spiro atoms. The zero-order valence-corrected chi connectivity index (χ0v) is 11.2. The molecule has 8 nitrogen and oxygen atoms in total. The van der Waals surface area contributed by atoms with Crippen molar-refractivity contribution in [1.82, 2.24) is 25.6 Å². The first-order chi connectivity index (χ1) is 9.06. The van der Waals surface area contributed by atoms with Gasteiger partial charge in [0, 0.05) is 13.5 Å². The number of carbonyl (C=O) groups excluding carboxylic acids is 2. The van der Waals surface area contributed by atoms with Gasteiger partial charge in [-0.15, -0.1) is 5.10 Å². The molecule has 0 aliphatic heterocycles. The summed E-state index contributed by atoms with van der Waals surface area (Å²) in [6.07, 6.45) is 3.70. The van der Waals surface area contributed by atoms with Crippen molar-refractivity contribution < 1.29 is 9.59 Å². The molecule has 106 valence electrons. The Kier molecular flexibility index (Phi) is 5.94. The summed E-state index contributed by atoms with van der Waals surface area (Å²) in [4.78, 5) is 22.3. The van der Waals surface area contributed by atoms with Crippen molar-refractivity contribution >= 4 is 11.9 Å². The average molecular weight is 268 g/mol. The number of rotatable bonds is 6. The molecule has 0 saturated carbocycles. The van der Waals surface area contributed by atoms with E-state index >= 15 is 0 Å². The van der Waals surface area contributed by atoms with Crippen LogP contribution in [0.3, 0.4) is 0 Å². The highest BCUT2D eigenvalue weighted by molar-refractivity contribution is 5.94. The van der Waals surface area contributed by atoms with Gasteiger partial charge in [0.05, 0.1) is 24.5 Å². The molecule has 3 amide bonds. The highest BCUT2D eigenvalue weighted by Crippen LogP contribution is 2.11. The number of imide groups is 1. The number of aromatic nitrogens is 3. The van der Waals surface area contributed by atoms with Crippen LogP contribution in [0.5, 0.6) is 0 Å². The fourth-order valence-electron chi connectivity index (χ4n) is 1.52. The highest BCUT2D eigenvalue weighted by Gasteiger charge is 2.11. The second-order valence-corrected chi connectivity index (χ2v) is 4.18. The van der Waals surface area contributed by atoms with E-state index in [4.69, 9.17) is 5.73 Å². The zero-order valence-electron chi connectivity index (χ0n) is 11.2. The Balaban J connectivity index is 2.42. The molecule has 1 rings (SSSR count). The molecule has 4 N–H and O–H groups in total. The molecular weight excluding hydrogens is 248 g/mol. The Morgan fingerprint density at radius 1 is 1.53 bits per heavy atom. The van der Waals surface area contributed by atoms with E-state index in [1.165, 1.54) is 7.05 Å². The molecule has 0 aromatic carbocycles. The third kappa shape index (κ3) is 5.04. The van der Waals surface area contributed by atoms with E-state index in [0.29, 0.717) is 12.2 Å². The SMILES string of the molecule is CCCC(N)c1cn(CCC(=O)NC(=O)NC)nn1. The van der Waals surface area contributed by atoms with Gasteiger partial charge >= 0.3 is 6.03 Å². The van der Waals surface area contributed by atoms with Gasteiger partial charge in [0.25, 0.3) is 0 Å². The van der Waals surface area contributed by atoms with Crippen LogP contribution in [0, 0.1) is 0 Å². The van der Waals surface area contributed by atoms with E-state index in [-0.39, 0.29) is 18.4 Å². The Labute approximate surface area is 111 Å². The molecule has 0 fully saturated rings. The Morgan fingerprint density at radius 2 is 2.26 bits per heavy atom. The maximum absolute atomic E-state index is 11.4. The van der Waals surface area contributed by atoms with Crippen molar-refractivity contribution in [2.24, 2.45) is 5.73 Å². The Hall–Kier alpha value is -1.96. The summed E-state index contributed by atoms with van der Waals surface area (Å²) >= 11 is 0. The predicted molar refractivity (Wildman–Crippen MR) is 69.1 cm³/mol. The maximum Gasteiger partial charge on any atom is 0.321 e. The number of nitrogens with zero attached hydrogens (tertiary/aromatic N) is 3. The van der Waals surface area contributed by atoms with Crippen LogP contribution >= 0.6 is 0 Å². The van der Waals surface area contributed by atoms with Crippen LogP contribution in [0.15, 0.2) is 6.20 Å². The lowest BCUT2D eigenvalue weighted by Gasteiger charge is -2.04. The minimum Gasteiger partial charge on any atom is -0.341 e. The van der Waals surface area contributed by atoms with Crippen molar-refractivity contribution in [3.8, 4) is 0 Å². The minimum absolute atomic E-state index is 0.126. The number of hydrogen-bond acceptors (Lipinski definition) is 5. The molecule has 1 heterocycles. The van der Waals surface area contributed by atoms with Gasteiger partial charge in [0.15, 0.2) is 0 Å². The molecule has 8 heteroatoms. The second-order valence-electron chi connectivity index (χ2n) is 4.18. The van der Waals surface area contributed by atoms with Gasteiger partial charge in [-0.2, -0.15) is 0 Å². The zero-order chi connectivity index (χ0) is 14.3. The number of hydrogen-bond donors (Lipinski definition) is 3. The summed E-state index contributed by atoms with van der Waals surface area (Å²) in [5, 5.41) is 12.3. The summed E-state index contributed by atoms with van der Waals surface area (Å²) in [6, 6.07) is -0.646. The number of nitrogens with one attached hydrogen (secondary N) is 2. The monoisotopic (exact) mass is 268 g/mol. The largest absolute Gasteiger partial charge is 0.341 e. The van der Waals surface area contributed by atoms with E-state index in [9.17, 15) is 9.59 Å². The summed E-state index contributed by atoms with van der Waals surface area (Å²) in [7, 11) is 1.45. The van der Waals surface area contributed by atoms with Crippen LogP contribution < -0.4 is 16.4 Å². The summed E-state index contributed by atoms with van der Waals surface area (Å²) in [6.45, 7) is 2.40. The third-order valence-corrected chi connectivity index (χ3v) is 2.58. The van der Waals surface area contributed by atoms with Crippen LogP contribution in [-0.2, 0) is 11.3 Å². The molecule has 0 bridgehead atoms. The summed E-state index contributed by atoms with van der Waals surface area (Å²) in [5.74, 6) is -0.366. The van der Waals surface area contributed by atoms with Gasteiger partial charge in [-0.1, -0.05) is 18.6 Å². The number of carbonyl (C=O) groups is 2. The van der Waals surface area contributed by atoms with Crippen LogP contribution in [-0.4, -0.2) is 34.0 Å². The van der Waals surface area contributed by atoms with Crippen molar-refractivity contribution in [3.63, 3.8) is 0 Å². The van der Waals surface area contributed by atoms with E-state index in [2.05, 4.69) is 20.9 Å². The lowest BCUT2D eigenvalue weighted by molar-refractivity contribution is -0.120. The van der Waals surface area contributed by atoms with Crippen LogP contribution in [0.25, 0.3) is 0 Å². The van der Waals surface area contributed by atoms with E-state index in [1.54, 1.807) is 10.9 Å². The lowest BCUT2D eigenvalue weighted by Crippen LogP contribution is -2.37. The van der Waals surface area contributed by atoms with Gasteiger partial charge in [-0.3, -0.25) is 14.8 Å². The van der Waals surface area contributed by atoms with Gasteiger partial charge in [-0.25, -0.2) is 4.79 Å². The quantitative estimate of drug-likeness (QED) is 0.667. The predicted octanol–water partition coefficient (Wildman–Crippen LogP) is -0.0763. The number of urea groups is 1. The molecule has 0 radical (unpaired) electrons. The normalized spacial score (nSPS) is 11.9. The second kappa shape index (κ2) is 7.47. The lowest BCUT2D eigenvalue weighted by atomic mass is 10.1. The van der Waals surface area contributed by atoms with E-state index < -0.39 is 6.03 Å². The maximum atomic E-state index is 11.4. The summed E-state index contributed by atoms with van der Waals surface area (Å²) < 4.78 is 1.55. The Bertz CT molecular complexity index is 431. The van der Waals surface area contributed by atoms with Crippen LogP contribution in [0.2, 0.25) is 0 Å². The Morgan fingerprint density at radius 3 is 2.89 bits per heavy atom. The molecule has 0 saturated heterocycles. The first kappa shape index (κ1) is 15.1. The van der Waals surface area contributed by atoms with Gasteiger partial charge < -0.3 is 11.1 Å². The minimum atomic E-state index is -0.519. The highest BCUT2D eigenvalue weighted by atomic mass is 16.2. The smallest absolute Gasteiger partial charge is 0.321 e. The van der Waals surface area contributed by atoms with Crippen molar-refractivity contribution in [2.45, 2.75) is 38.8 Å². The van der Waals surface area contributed by atoms with Crippen molar-refractivity contribution in [3.05, 3.63) is 11.9 Å². The first-order valence-corrected chi connectivity index (χ1v) is 6.24. The van der Waals surface area contributed by atoms with Crippen molar-refractivity contribution in [1.29, 1.82) is 0 Å². The standard InChI is InChI=1S/C11H20N6O2/c1-3-4-8(12)9-7-17(16-15-9)6-5-10(18)14-11(19)13-2/h7-8H,3-6,12H2,1-2H3,(H2,13,14,18,19). The van der Waals surface area contributed by atoms with Crippen LogP contribution in [0.1, 0.15) is 37.9 Å². The molecule has 0 aliphatic rings. The van der Waals surface area contributed by atoms with Gasteiger partial charge in [-0.05, 0) is 6.42 Å². The van der Waals surface area contributed by atoms with Gasteiger partial charge in [0.1, 0.15) is 0 Å². The fraction of sp³-hybridized carbons (Fsp3) is 0.636. The van der Waals surface area contributed by atoms with Gasteiger partial charge in [0.2, 0.25) is 5.91 Å². The average Bonchev–Trinajstić information content (AvgIpc) is 2.85. The molecule has 1 aromatic heterocycles. The molecule has 0 aliphatic carbocycles. The van der Waals surface area contributed by atoms with Crippen LogP contribution in [0.4, 0.5) is 4.79 Å². The molecule has 1 atom stereocenters. The molecular formula is C11H20N6O2. The van der Waals surface area contributed by atoms with E-state index in [1.807, 2.05) is 6.92 Å². The summed E-state index contributed by atoms with van der Waals surface area (Å²) in [5.41, 5.74) is 6.63. The number of aryl methyl sites for hydroxylation is 1. The number of nitrogens with two attached hydrogens (primary N) is 1. The molecule has 19 heavy (non-hydrogen) atoms. The topological polar surface area (TPSA) is 115 Å². The fourth-order valence-corrected chi connectivity index (χ4v) is 1.52. The molecule has 1 aromatic rings. The van der Waals surface area contributed by atoms with E-state index in [0.717, 1.165) is 12.8 Å². The van der Waals surface area contributed by atoms with Crippen molar-refractivity contribution in [2.75, 3.05) is 7.05 Å². The molecule has 1 unspecified atom stereocenters. The number of amides is 3. The third-order valence-electron chi connectivity index (χ3n) is 2.58.